The number of aromatic nitrogens is 6. The van der Waals surface area contributed by atoms with E-state index in [4.69, 9.17) is 14.7 Å². The fourth-order valence-electron chi connectivity index (χ4n) is 5.09. The van der Waals surface area contributed by atoms with E-state index in [0.29, 0.717) is 6.29 Å². The molecular weight excluding hydrogens is 1050 g/mol. The van der Waals surface area contributed by atoms with Gasteiger partial charge in [-0.2, -0.15) is 29.9 Å². The Labute approximate surface area is 495 Å². The predicted molar refractivity (Wildman–Crippen MR) is 232 cm³/mol. The van der Waals surface area contributed by atoms with Crippen LogP contribution in [0.25, 0.3) is 12.2 Å². The molecule has 0 amide bonds. The number of aliphatic hydroxyl groups excluding tert-OH is 1. The van der Waals surface area contributed by atoms with Gasteiger partial charge in [0.1, 0.15) is 22.2 Å². The summed E-state index contributed by atoms with van der Waals surface area (Å²) in [4.78, 5) is 51.9. The van der Waals surface area contributed by atoms with E-state index in [2.05, 4.69) is 66.1 Å². The average molecular weight is 1090 g/mol. The van der Waals surface area contributed by atoms with Crippen LogP contribution in [-0.2, 0) is 49.0 Å². The first kappa shape index (κ1) is 68.1. The second-order valence-electron chi connectivity index (χ2n) is 12.9. The van der Waals surface area contributed by atoms with E-state index in [1.165, 1.54) is 42.5 Å². The van der Waals surface area contributed by atoms with Crippen molar-refractivity contribution in [2.75, 3.05) is 89.4 Å². The number of hydrogen-bond donors (Lipinski definition) is 7. The van der Waals surface area contributed by atoms with Crippen LogP contribution in [0.5, 0.6) is 5.75 Å². The van der Waals surface area contributed by atoms with Gasteiger partial charge in [-0.3, -0.25) is 4.79 Å². The van der Waals surface area contributed by atoms with Crippen molar-refractivity contribution in [3.8, 4) is 5.75 Å². The van der Waals surface area contributed by atoms with Gasteiger partial charge in [0.15, 0.2) is 5.75 Å². The van der Waals surface area contributed by atoms with Gasteiger partial charge in [-0.1, -0.05) is 18.2 Å². The monoisotopic (exact) mass is 1090 g/mol. The van der Waals surface area contributed by atoms with Gasteiger partial charge in [0.25, 0.3) is 0 Å². The number of ether oxygens (including phenoxy) is 1. The molecule has 2 aromatic carbocycles. The maximum atomic E-state index is 12.5. The summed E-state index contributed by atoms with van der Waals surface area (Å²) in [6.45, 7) is -0.470. The topological polar surface area (TPSA) is 426 Å². The standard InChI is InChI=1S/C34H44N12O16S4.4Na/c47-14-1-2-26(49)9-10-35-29-41-31(37-12-18-64(51,52)53)46-34(43-29)40-25-8-6-23(28(21-25)66(57,58)59)4-3-22-5-7-24(20-27(22)61-62-63-50)39-33-44-30(36-11-16-60-17-15-48)42-32(45-33)38-13-19-65(54,55)56;;;;/h3-8,14,20-21,48,50H,1-2,9-13,15-19H2,(H,51,52,53)(H,54,55,56)(H,57,58,59)(H3,35,37,40,41,43,46)(H3,36,38,39,42,44,45);;;;/q;4*+1/p-4. The molecule has 70 heavy (non-hydrogen) atoms. The summed E-state index contributed by atoms with van der Waals surface area (Å²) in [5.74, 6) is -2.75. The fourth-order valence-corrected chi connectivity index (χ4v) is 6.59. The van der Waals surface area contributed by atoms with Gasteiger partial charge in [-0.15, -0.1) is 4.33 Å². The molecule has 0 atom stereocenters. The molecule has 7 N–H and O–H groups in total. The summed E-state index contributed by atoms with van der Waals surface area (Å²) in [6, 6.07) is 7.85. The normalized spacial score (nSPS) is 11.2. The van der Waals surface area contributed by atoms with Crippen molar-refractivity contribution in [3.63, 3.8) is 0 Å². The first-order valence-corrected chi connectivity index (χ1v) is 24.1. The smallest absolute Gasteiger partial charge is 0.773 e. The second kappa shape index (κ2) is 34.5. The van der Waals surface area contributed by atoms with Crippen LogP contribution in [-0.4, -0.2) is 148 Å². The number of carbonyl (C=O) groups excluding carboxylic acids is 2. The number of Topliss-reactive ketones (excluding diaryl/α,β-unsaturated/α-hetero) is 1. The van der Waals surface area contributed by atoms with Crippen molar-refractivity contribution in [1.29, 1.82) is 0 Å². The molecule has 0 saturated heterocycles. The molecule has 0 fully saturated rings. The van der Waals surface area contributed by atoms with Gasteiger partial charge in [-0.25, -0.2) is 25.3 Å². The van der Waals surface area contributed by atoms with E-state index in [1.807, 2.05) is 0 Å². The molecule has 0 saturated carbocycles. The van der Waals surface area contributed by atoms with Gasteiger partial charge in [0, 0.05) is 68.4 Å². The van der Waals surface area contributed by atoms with Gasteiger partial charge in [0.2, 0.25) is 35.7 Å². The quantitative estimate of drug-likeness (QED) is 0.00360. The van der Waals surface area contributed by atoms with Gasteiger partial charge in [0.05, 0.1) is 56.5 Å². The molecule has 4 aromatic rings. The fraction of sp³-hybridized carbons (Fsp3) is 0.353. The van der Waals surface area contributed by atoms with E-state index in [-0.39, 0.29) is 259 Å². The Balaban J connectivity index is 0.0000119. The Kier molecular flexibility index (Phi) is 33.6. The number of carbonyl (C=O) groups is 2. The maximum Gasteiger partial charge on any atom is 1.00 e. The van der Waals surface area contributed by atoms with E-state index in [9.17, 15) is 53.1 Å². The van der Waals surface area contributed by atoms with Crippen molar-refractivity contribution in [3.05, 3.63) is 47.5 Å². The molecule has 0 unspecified atom stereocenters. The number of nitrogens with zero attached hydrogens (tertiary/aromatic N) is 6. The van der Waals surface area contributed by atoms with E-state index in [1.54, 1.807) is 0 Å². The second-order valence-corrected chi connectivity index (χ2v) is 17.6. The van der Waals surface area contributed by atoms with Crippen molar-refractivity contribution in [2.24, 2.45) is 0 Å². The molecule has 0 bridgehead atoms. The van der Waals surface area contributed by atoms with Crippen molar-refractivity contribution >= 4 is 114 Å². The van der Waals surface area contributed by atoms with E-state index >= 15 is 0 Å². The largest absolute Gasteiger partial charge is 1.00 e. The minimum absolute atomic E-state index is 0. The molecule has 0 aliphatic rings. The number of nitrogens with one attached hydrogen (secondary N) is 6. The molecule has 28 nitrogen and oxygen atoms in total. The Morgan fingerprint density at radius 3 is 1.60 bits per heavy atom. The van der Waals surface area contributed by atoms with Crippen LogP contribution in [0.1, 0.15) is 30.4 Å². The number of aliphatic hydroxyl groups is 1. The van der Waals surface area contributed by atoms with Crippen LogP contribution in [0.3, 0.4) is 0 Å². The van der Waals surface area contributed by atoms with Crippen molar-refractivity contribution in [1.82, 2.24) is 29.9 Å². The molecular formula is C34H40N12Na4O16S4. The molecule has 4 rings (SSSR count). The average Bonchev–Trinajstić information content (AvgIpc) is 3.23. The molecule has 36 heteroatoms. The van der Waals surface area contributed by atoms with E-state index in [0.717, 1.165) is 6.07 Å². The molecule has 2 aromatic heterocycles. The molecule has 360 valence electrons. The van der Waals surface area contributed by atoms with Crippen LogP contribution in [0, 0.1) is 0 Å². The Morgan fingerprint density at radius 2 is 1.11 bits per heavy atom. The molecule has 0 spiro atoms. The third kappa shape index (κ3) is 26.8. The Bertz CT molecular complexity index is 2670. The predicted octanol–water partition coefficient (Wildman–Crippen LogP) is -11.6. The van der Waals surface area contributed by atoms with Crippen LogP contribution >= 0.6 is 12.3 Å². The minimum atomic E-state index is -5.18. The summed E-state index contributed by atoms with van der Waals surface area (Å²) in [5, 5.41) is 25.3. The molecule has 0 aliphatic carbocycles. The third-order valence-corrected chi connectivity index (χ3v) is 10.4. The zero-order chi connectivity index (χ0) is 48.2. The summed E-state index contributed by atoms with van der Waals surface area (Å²) >= 11 is -0.389. The Morgan fingerprint density at radius 1 is 0.643 bits per heavy atom. The number of benzene rings is 2. The van der Waals surface area contributed by atoms with Gasteiger partial charge in [-0.05, 0) is 42.2 Å². The first-order valence-electron chi connectivity index (χ1n) is 18.9. The van der Waals surface area contributed by atoms with E-state index < -0.39 is 53.3 Å². The summed E-state index contributed by atoms with van der Waals surface area (Å²) < 4.78 is 125. The van der Waals surface area contributed by atoms with Gasteiger partial charge >= 0.3 is 118 Å². The number of aldehydes is 1. The van der Waals surface area contributed by atoms with Crippen molar-refractivity contribution in [2.45, 2.75) is 24.2 Å². The molecule has 0 aliphatic heterocycles. The SMILES string of the molecule is O=CCCC(=O)CCNc1nc(NCCS(=O)(=O)[O-])nc(Nc2ccc(C=Cc3ccc(Nc4nc(NCCOCCO)nc(NCCS(=O)(=O)[O-])n4)cc3OOS[O-])c(S(=O)(=O)[O-])c2)n1.[Na+].[Na+].[Na+].[Na+]. The number of anilines is 8. The number of ketones is 1. The summed E-state index contributed by atoms with van der Waals surface area (Å²) in [5.41, 5.74) is 0.285. The maximum absolute atomic E-state index is 12.5. The number of hydrogen-bond acceptors (Lipinski definition) is 29. The van der Waals surface area contributed by atoms with Crippen LogP contribution in [0.2, 0.25) is 0 Å². The van der Waals surface area contributed by atoms with Crippen molar-refractivity contribution < 1.29 is 190 Å². The minimum Gasteiger partial charge on any atom is -0.773 e. The molecule has 0 radical (unpaired) electrons. The third-order valence-electron chi connectivity index (χ3n) is 7.94. The zero-order valence-electron chi connectivity index (χ0n) is 38.1. The van der Waals surface area contributed by atoms with Crippen LogP contribution in [0.4, 0.5) is 47.1 Å². The molecule has 2 heterocycles. The van der Waals surface area contributed by atoms with Crippen LogP contribution < -0.4 is 155 Å². The zero-order valence-corrected chi connectivity index (χ0v) is 49.3. The van der Waals surface area contributed by atoms with Crippen LogP contribution in [0.15, 0.2) is 41.3 Å². The van der Waals surface area contributed by atoms with Gasteiger partial charge < -0.3 is 69.6 Å². The summed E-state index contributed by atoms with van der Waals surface area (Å²) in [6.07, 6.45) is 3.25. The Hall–Kier alpha value is -1.94. The first-order chi connectivity index (χ1) is 31.3. The summed E-state index contributed by atoms with van der Waals surface area (Å²) in [7, 11) is -14.4. The number of rotatable bonds is 31.